The molecule has 0 aromatic rings. The molecule has 0 aromatic carbocycles. The molecule has 1 rings (SSSR count). The Morgan fingerprint density at radius 1 is 1.78 bits per heavy atom. The van der Waals surface area contributed by atoms with Crippen LogP contribution >= 0.6 is 0 Å². The summed E-state index contributed by atoms with van der Waals surface area (Å²) in [6.45, 7) is 1.81. The molecule has 0 aromatic heterocycles. The molecule has 46 valence electrons. The van der Waals surface area contributed by atoms with E-state index in [-0.39, 0.29) is 0 Å². The molecule has 3 nitrogen and oxygen atoms in total. The molecule has 0 amide bonds. The van der Waals surface area contributed by atoms with E-state index in [2.05, 4.69) is 10.3 Å². The smallest absolute Gasteiger partial charge is 0.150 e. The van der Waals surface area contributed by atoms with E-state index in [9.17, 15) is 4.79 Å². The van der Waals surface area contributed by atoms with E-state index in [0.29, 0.717) is 5.70 Å². The van der Waals surface area contributed by atoms with E-state index >= 15 is 0 Å². The van der Waals surface area contributed by atoms with Gasteiger partial charge in [-0.3, -0.25) is 0 Å². The van der Waals surface area contributed by atoms with Crippen LogP contribution in [0, 0.1) is 0 Å². The largest absolute Gasteiger partial charge is 0.337 e. The first kappa shape index (κ1) is 5.79. The molecule has 0 unspecified atom stereocenters. The van der Waals surface area contributed by atoms with Crippen molar-refractivity contribution in [2.75, 3.05) is 0 Å². The highest BCUT2D eigenvalue weighted by molar-refractivity contribution is 5.70. The van der Waals surface area contributed by atoms with Crippen LogP contribution in [0.25, 0.3) is 0 Å². The zero-order valence-corrected chi connectivity index (χ0v) is 5.01. The van der Waals surface area contributed by atoms with Crippen LogP contribution in [0.15, 0.2) is 22.5 Å². The van der Waals surface area contributed by atoms with Crippen molar-refractivity contribution in [2.45, 2.75) is 6.92 Å². The molecule has 0 radical (unpaired) electrons. The summed E-state index contributed by atoms with van der Waals surface area (Å²) >= 11 is 0. The third-order valence-electron chi connectivity index (χ3n) is 0.951. The lowest BCUT2D eigenvalue weighted by molar-refractivity contribution is 0.566. The number of nitrogens with zero attached hydrogens (tertiary/aromatic N) is 1. The van der Waals surface area contributed by atoms with Crippen molar-refractivity contribution in [3.8, 4) is 0 Å². The molecule has 0 saturated carbocycles. The van der Waals surface area contributed by atoms with Gasteiger partial charge in [-0.2, -0.15) is 0 Å². The average Bonchev–Trinajstić information content (AvgIpc) is 1.88. The maximum Gasteiger partial charge on any atom is 0.150 e. The summed E-state index contributed by atoms with van der Waals surface area (Å²) in [5.74, 6) is 1.72. The molecule has 0 saturated heterocycles. The predicted octanol–water partition coefficient (Wildman–Crippen LogP) is 0.237. The summed E-state index contributed by atoms with van der Waals surface area (Å²) in [5.41, 5.74) is 1.25. The molecular formula is C6H6N2O. The number of aliphatic imine (C=N–C) groups is 1. The molecule has 1 aliphatic rings. The van der Waals surface area contributed by atoms with Crippen molar-refractivity contribution in [1.82, 2.24) is 5.32 Å². The minimum atomic E-state index is 0.433. The lowest BCUT2D eigenvalue weighted by atomic mass is 10.3. The van der Waals surface area contributed by atoms with Gasteiger partial charge >= 0.3 is 0 Å². The van der Waals surface area contributed by atoms with Crippen molar-refractivity contribution in [1.29, 1.82) is 0 Å². The summed E-state index contributed by atoms with van der Waals surface area (Å²) < 4.78 is 0. The highest BCUT2D eigenvalue weighted by Crippen LogP contribution is 2.00. The Morgan fingerprint density at radius 2 is 2.56 bits per heavy atom. The average molecular weight is 122 g/mol. The van der Waals surface area contributed by atoms with Crippen LogP contribution in [0.5, 0.6) is 0 Å². The topological polar surface area (TPSA) is 41.5 Å². The van der Waals surface area contributed by atoms with Crippen LogP contribution in [0.3, 0.4) is 0 Å². The van der Waals surface area contributed by atoms with Gasteiger partial charge < -0.3 is 5.32 Å². The van der Waals surface area contributed by atoms with Crippen molar-refractivity contribution >= 4 is 12.3 Å². The van der Waals surface area contributed by atoms with E-state index in [4.69, 9.17) is 0 Å². The molecule has 1 aliphatic heterocycles. The second-order valence-electron chi connectivity index (χ2n) is 1.70. The Labute approximate surface area is 52.8 Å². The molecule has 0 fully saturated rings. The minimum Gasteiger partial charge on any atom is -0.337 e. The Hall–Kier alpha value is -1.34. The Kier molecular flexibility index (Phi) is 1.47. The Balaban J connectivity index is 2.90. The first-order valence-corrected chi connectivity index (χ1v) is 2.55. The molecule has 0 spiro atoms. The number of hydrogen-bond acceptors (Lipinski definition) is 3. The number of nitrogens with one attached hydrogen (secondary N) is 1. The van der Waals surface area contributed by atoms with E-state index in [1.54, 1.807) is 12.0 Å². The lowest BCUT2D eigenvalue weighted by Gasteiger charge is -2.01. The molecule has 0 atom stereocenters. The quantitative estimate of drug-likeness (QED) is 0.467. The van der Waals surface area contributed by atoms with Crippen molar-refractivity contribution in [2.24, 2.45) is 4.99 Å². The molecular weight excluding hydrogens is 116 g/mol. The summed E-state index contributed by atoms with van der Waals surface area (Å²) in [4.78, 5) is 13.8. The van der Waals surface area contributed by atoms with Gasteiger partial charge in [-0.25, -0.2) is 9.79 Å². The summed E-state index contributed by atoms with van der Waals surface area (Å²) in [5, 5.41) is 2.62. The maximum absolute atomic E-state index is 9.97. The highest BCUT2D eigenvalue weighted by atomic mass is 16.1. The number of allylic oxidation sites excluding steroid dienone is 2. The molecule has 1 heterocycles. The number of hydrogen-bond donors (Lipinski definition) is 1. The van der Waals surface area contributed by atoms with Gasteiger partial charge in [-0.1, -0.05) is 0 Å². The normalized spacial score (nSPS) is 16.1. The second-order valence-corrected chi connectivity index (χ2v) is 1.70. The summed E-state index contributed by atoms with van der Waals surface area (Å²) in [6.07, 6.45) is 3.10. The van der Waals surface area contributed by atoms with Crippen LogP contribution < -0.4 is 5.32 Å². The second kappa shape index (κ2) is 2.29. The molecule has 0 bridgehead atoms. The number of rotatable bonds is 0. The van der Waals surface area contributed by atoms with Gasteiger partial charge in [-0.05, 0) is 13.0 Å². The minimum absolute atomic E-state index is 0.433. The van der Waals surface area contributed by atoms with E-state index in [1.807, 2.05) is 6.92 Å². The molecule has 0 aliphatic carbocycles. The summed E-state index contributed by atoms with van der Waals surface area (Å²) in [6, 6.07) is 0. The van der Waals surface area contributed by atoms with Crippen LogP contribution in [0.1, 0.15) is 6.92 Å². The van der Waals surface area contributed by atoms with Crippen LogP contribution in [0.2, 0.25) is 0 Å². The van der Waals surface area contributed by atoms with Gasteiger partial charge in [0.2, 0.25) is 0 Å². The fourth-order valence-electron chi connectivity index (χ4n) is 0.550. The fraction of sp³-hybridized carbons (Fsp3) is 0.167. The molecule has 1 N–H and O–H groups in total. The summed E-state index contributed by atoms with van der Waals surface area (Å²) in [7, 11) is 0. The van der Waals surface area contributed by atoms with E-state index in [1.165, 1.54) is 6.34 Å². The van der Waals surface area contributed by atoms with Gasteiger partial charge in [0.05, 0.1) is 6.34 Å². The first-order chi connectivity index (χ1) is 4.33. The van der Waals surface area contributed by atoms with Crippen LogP contribution in [0.4, 0.5) is 0 Å². The standard InChI is InChI=1S/C6H6N2O/c1-5-2-6(3-9)8-4-7-5/h2,4H,1H3,(H,7,8). The third-order valence-corrected chi connectivity index (χ3v) is 0.951. The Bertz CT molecular complexity index is 221. The molecule has 9 heavy (non-hydrogen) atoms. The number of carbonyl (C=O) groups excluding carboxylic acids is 1. The fourth-order valence-corrected chi connectivity index (χ4v) is 0.550. The van der Waals surface area contributed by atoms with Gasteiger partial charge in [-0.15, -0.1) is 0 Å². The van der Waals surface area contributed by atoms with Crippen molar-refractivity contribution in [3.63, 3.8) is 0 Å². The van der Waals surface area contributed by atoms with Gasteiger partial charge in [0.25, 0.3) is 0 Å². The zero-order valence-electron chi connectivity index (χ0n) is 5.01. The van der Waals surface area contributed by atoms with Crippen LogP contribution in [-0.2, 0) is 4.79 Å². The lowest BCUT2D eigenvalue weighted by Crippen LogP contribution is -2.12. The van der Waals surface area contributed by atoms with Gasteiger partial charge in [0.15, 0.2) is 5.94 Å². The van der Waals surface area contributed by atoms with Crippen molar-refractivity contribution in [3.05, 3.63) is 17.5 Å². The SMILES string of the molecule is CC1=CC(=C=O)NC=N1. The Morgan fingerprint density at radius 3 is 3.00 bits per heavy atom. The first-order valence-electron chi connectivity index (χ1n) is 2.55. The van der Waals surface area contributed by atoms with Crippen LogP contribution in [-0.4, -0.2) is 12.3 Å². The van der Waals surface area contributed by atoms with Gasteiger partial charge in [0, 0.05) is 5.70 Å². The monoisotopic (exact) mass is 122 g/mol. The van der Waals surface area contributed by atoms with Crippen molar-refractivity contribution < 1.29 is 4.79 Å². The maximum atomic E-state index is 9.97. The van der Waals surface area contributed by atoms with Gasteiger partial charge in [0.1, 0.15) is 5.70 Å². The van der Waals surface area contributed by atoms with E-state index in [0.717, 1.165) is 5.70 Å². The highest BCUT2D eigenvalue weighted by Gasteiger charge is 1.95. The zero-order chi connectivity index (χ0) is 6.69. The predicted molar refractivity (Wildman–Crippen MR) is 34.6 cm³/mol. The van der Waals surface area contributed by atoms with E-state index < -0.39 is 0 Å². The third kappa shape index (κ3) is 1.27. The molecule has 3 heteroatoms.